The van der Waals surface area contributed by atoms with Gasteiger partial charge in [0.25, 0.3) is 0 Å². The number of benzene rings is 1. The van der Waals surface area contributed by atoms with E-state index in [4.69, 9.17) is 0 Å². The number of hydrogen-bond acceptors (Lipinski definition) is 3. The molecular formula is C21H23FN4. The number of nitrogens with one attached hydrogen (secondary N) is 1. The van der Waals surface area contributed by atoms with Gasteiger partial charge in [0.15, 0.2) is 0 Å². The van der Waals surface area contributed by atoms with E-state index in [0.29, 0.717) is 5.69 Å². The predicted molar refractivity (Wildman–Crippen MR) is 99.6 cm³/mol. The number of rotatable bonds is 5. The Morgan fingerprint density at radius 2 is 1.88 bits per heavy atom. The van der Waals surface area contributed by atoms with Crippen LogP contribution in [0, 0.1) is 12.7 Å². The summed E-state index contributed by atoms with van der Waals surface area (Å²) in [6.07, 6.45) is 8.35. The number of halogens is 1. The molecule has 4 rings (SSSR count). The number of aromatic nitrogens is 3. The highest BCUT2D eigenvalue weighted by Gasteiger charge is 2.42. The maximum absolute atomic E-state index is 14.3. The first-order chi connectivity index (χ1) is 12.6. The molecule has 1 atom stereocenters. The lowest BCUT2D eigenvalue weighted by Crippen LogP contribution is -2.50. The minimum absolute atomic E-state index is 0.106. The molecule has 0 radical (unpaired) electrons. The molecule has 1 unspecified atom stereocenters. The first kappa shape index (κ1) is 16.9. The molecule has 0 bridgehead atoms. The van der Waals surface area contributed by atoms with Gasteiger partial charge >= 0.3 is 0 Å². The number of imidazole rings is 1. The molecule has 1 N–H and O–H groups in total. The van der Waals surface area contributed by atoms with Crippen molar-refractivity contribution < 1.29 is 4.39 Å². The molecule has 3 aromatic rings. The molecule has 0 saturated heterocycles. The van der Waals surface area contributed by atoms with Crippen molar-refractivity contribution >= 4 is 0 Å². The third-order valence-electron chi connectivity index (χ3n) is 5.41. The van der Waals surface area contributed by atoms with E-state index in [0.717, 1.165) is 30.8 Å². The van der Waals surface area contributed by atoms with Crippen LogP contribution in [0.3, 0.4) is 0 Å². The molecule has 1 aliphatic carbocycles. The van der Waals surface area contributed by atoms with Crippen molar-refractivity contribution in [1.82, 2.24) is 19.9 Å². The monoisotopic (exact) mass is 350 g/mol. The summed E-state index contributed by atoms with van der Waals surface area (Å²) in [7, 11) is 0. The second-order valence-electron chi connectivity index (χ2n) is 7.07. The van der Waals surface area contributed by atoms with Crippen LogP contribution in [0.5, 0.6) is 0 Å². The van der Waals surface area contributed by atoms with Gasteiger partial charge in [0.05, 0.1) is 11.2 Å². The number of nitrogens with zero attached hydrogens (tertiary/aromatic N) is 3. The van der Waals surface area contributed by atoms with Gasteiger partial charge < -0.3 is 4.57 Å². The summed E-state index contributed by atoms with van der Waals surface area (Å²) in [4.78, 5) is 8.60. The van der Waals surface area contributed by atoms with Crippen LogP contribution >= 0.6 is 0 Å². The predicted octanol–water partition coefficient (Wildman–Crippen LogP) is 4.44. The van der Waals surface area contributed by atoms with E-state index < -0.39 is 0 Å². The number of hydrogen-bond donors (Lipinski definition) is 1. The third-order valence-corrected chi connectivity index (χ3v) is 5.41. The minimum atomic E-state index is -0.357. The van der Waals surface area contributed by atoms with Crippen LogP contribution < -0.4 is 5.32 Å². The fourth-order valence-electron chi connectivity index (χ4n) is 3.79. The van der Waals surface area contributed by atoms with Crippen molar-refractivity contribution in [2.24, 2.45) is 0 Å². The lowest BCUT2D eigenvalue weighted by Gasteiger charge is -2.44. The summed E-state index contributed by atoms with van der Waals surface area (Å²) in [5.74, 6) is 0.737. The fraction of sp³-hybridized carbons (Fsp3) is 0.333. The first-order valence-corrected chi connectivity index (χ1v) is 9.08. The van der Waals surface area contributed by atoms with Crippen molar-refractivity contribution in [2.45, 2.75) is 44.7 Å². The molecule has 134 valence electrons. The van der Waals surface area contributed by atoms with Gasteiger partial charge in [-0.05, 0) is 62.9 Å². The Balaban J connectivity index is 1.55. The molecule has 0 amide bonds. The SMILES string of the molecule is Cc1nccn1-c1ccc(C(C)NC2(c3ncccc3F)CCC2)cc1. The standard InChI is InChI=1S/C21H23FN4/c1-15(17-6-8-18(9-7-17)26-14-13-23-16(26)2)25-21(10-4-11-21)20-19(22)5-3-12-24-20/h3,5-9,12-15,25H,4,10-11H2,1-2H3. The molecule has 1 aliphatic rings. The Morgan fingerprint density at radius 1 is 1.12 bits per heavy atom. The summed E-state index contributed by atoms with van der Waals surface area (Å²) in [6.45, 7) is 4.11. The highest BCUT2D eigenvalue weighted by molar-refractivity contribution is 5.37. The fourth-order valence-corrected chi connectivity index (χ4v) is 3.79. The normalized spacial score (nSPS) is 16.9. The highest BCUT2D eigenvalue weighted by Crippen LogP contribution is 2.43. The maximum Gasteiger partial charge on any atom is 0.146 e. The molecule has 26 heavy (non-hydrogen) atoms. The number of pyridine rings is 1. The Kier molecular flexibility index (Phi) is 4.32. The quantitative estimate of drug-likeness (QED) is 0.739. The second kappa shape index (κ2) is 6.65. The van der Waals surface area contributed by atoms with Crippen molar-refractivity contribution in [3.8, 4) is 5.69 Å². The Morgan fingerprint density at radius 3 is 2.46 bits per heavy atom. The van der Waals surface area contributed by atoms with Gasteiger partial charge in [0.2, 0.25) is 0 Å². The zero-order valence-corrected chi connectivity index (χ0v) is 15.1. The largest absolute Gasteiger partial charge is 0.304 e. The van der Waals surface area contributed by atoms with Crippen LogP contribution in [0.4, 0.5) is 4.39 Å². The van der Waals surface area contributed by atoms with Gasteiger partial charge in [-0.1, -0.05) is 12.1 Å². The molecule has 2 aromatic heterocycles. The molecule has 2 heterocycles. The van der Waals surface area contributed by atoms with E-state index in [1.807, 2.05) is 13.1 Å². The van der Waals surface area contributed by atoms with E-state index >= 15 is 0 Å². The highest BCUT2D eigenvalue weighted by atomic mass is 19.1. The average molecular weight is 350 g/mol. The van der Waals surface area contributed by atoms with E-state index in [1.54, 1.807) is 18.5 Å². The summed E-state index contributed by atoms with van der Waals surface area (Å²) >= 11 is 0. The molecular weight excluding hydrogens is 327 g/mol. The molecule has 1 fully saturated rings. The van der Waals surface area contributed by atoms with Crippen LogP contribution in [0.25, 0.3) is 5.69 Å². The number of aryl methyl sites for hydroxylation is 1. The van der Waals surface area contributed by atoms with Gasteiger partial charge in [-0.3, -0.25) is 10.3 Å². The van der Waals surface area contributed by atoms with Crippen LogP contribution in [0.15, 0.2) is 55.0 Å². The van der Waals surface area contributed by atoms with Crippen LogP contribution in [-0.2, 0) is 5.54 Å². The zero-order chi connectivity index (χ0) is 18.1. The van der Waals surface area contributed by atoms with Gasteiger partial charge in [-0.15, -0.1) is 0 Å². The van der Waals surface area contributed by atoms with Crippen LogP contribution in [0.1, 0.15) is 49.3 Å². The molecule has 4 nitrogen and oxygen atoms in total. The van der Waals surface area contributed by atoms with E-state index in [-0.39, 0.29) is 17.4 Å². The average Bonchev–Trinajstić information content (AvgIpc) is 3.05. The lowest BCUT2D eigenvalue weighted by atomic mass is 9.73. The lowest BCUT2D eigenvalue weighted by molar-refractivity contribution is 0.155. The van der Waals surface area contributed by atoms with Gasteiger partial charge in [0.1, 0.15) is 11.6 Å². The summed E-state index contributed by atoms with van der Waals surface area (Å²) in [5, 5.41) is 3.65. The molecule has 1 saturated carbocycles. The molecule has 0 aliphatic heterocycles. The van der Waals surface area contributed by atoms with Crippen molar-refractivity contribution in [1.29, 1.82) is 0 Å². The third kappa shape index (κ3) is 2.92. The van der Waals surface area contributed by atoms with E-state index in [1.165, 1.54) is 11.6 Å². The van der Waals surface area contributed by atoms with Crippen molar-refractivity contribution in [2.75, 3.05) is 0 Å². The Hall–Kier alpha value is -2.53. The van der Waals surface area contributed by atoms with Crippen LogP contribution in [0.2, 0.25) is 0 Å². The Bertz CT molecular complexity index is 896. The first-order valence-electron chi connectivity index (χ1n) is 9.08. The zero-order valence-electron chi connectivity index (χ0n) is 15.1. The molecule has 1 aromatic carbocycles. The van der Waals surface area contributed by atoms with Crippen molar-refractivity contribution in [3.05, 3.63) is 77.9 Å². The van der Waals surface area contributed by atoms with Gasteiger partial charge in [0, 0.05) is 30.3 Å². The summed E-state index contributed by atoms with van der Waals surface area (Å²) in [5.41, 5.74) is 2.45. The summed E-state index contributed by atoms with van der Waals surface area (Å²) in [6, 6.07) is 11.7. The second-order valence-corrected chi connectivity index (χ2v) is 7.07. The Labute approximate surface area is 153 Å². The molecule has 5 heteroatoms. The van der Waals surface area contributed by atoms with Crippen LogP contribution in [-0.4, -0.2) is 14.5 Å². The van der Waals surface area contributed by atoms with Crippen molar-refractivity contribution in [3.63, 3.8) is 0 Å². The van der Waals surface area contributed by atoms with E-state index in [9.17, 15) is 4.39 Å². The molecule has 0 spiro atoms. The maximum atomic E-state index is 14.3. The van der Waals surface area contributed by atoms with Gasteiger partial charge in [-0.25, -0.2) is 9.37 Å². The van der Waals surface area contributed by atoms with E-state index in [2.05, 4.69) is 51.0 Å². The van der Waals surface area contributed by atoms with Gasteiger partial charge in [-0.2, -0.15) is 0 Å². The summed E-state index contributed by atoms with van der Waals surface area (Å²) < 4.78 is 16.3. The topological polar surface area (TPSA) is 42.7 Å². The minimum Gasteiger partial charge on any atom is -0.304 e. The smallest absolute Gasteiger partial charge is 0.146 e.